The number of carbonyl (C=O) groups excluding carboxylic acids is 2. The molecule has 2 rings (SSSR count). The molecule has 0 saturated heterocycles. The normalized spacial score (nSPS) is 19.0. The van der Waals surface area contributed by atoms with Crippen LogP contribution in [0.5, 0.6) is 0 Å². The highest BCUT2D eigenvalue weighted by molar-refractivity contribution is 9.10. The van der Waals surface area contributed by atoms with E-state index < -0.39 is 0 Å². The van der Waals surface area contributed by atoms with Crippen LogP contribution in [-0.2, 0) is 4.79 Å². The predicted octanol–water partition coefficient (Wildman–Crippen LogP) is 1.99. The summed E-state index contributed by atoms with van der Waals surface area (Å²) in [6.07, 6.45) is 0.648. The van der Waals surface area contributed by atoms with Crippen molar-refractivity contribution in [1.29, 1.82) is 0 Å². The Balaban J connectivity index is 2.38. The maximum Gasteiger partial charge on any atom is 0.218 e. The lowest BCUT2D eigenvalue weighted by Gasteiger charge is -2.07. The molecule has 1 aliphatic rings. The van der Waals surface area contributed by atoms with Crippen LogP contribution >= 0.6 is 15.9 Å². The molecular weight excluding hydrogens is 258 g/mol. The first-order valence-electron chi connectivity index (χ1n) is 4.69. The average molecular weight is 268 g/mol. The molecule has 1 amide bonds. The van der Waals surface area contributed by atoms with Gasteiger partial charge in [-0.1, -0.05) is 22.0 Å². The molecule has 1 aromatic carbocycles. The summed E-state index contributed by atoms with van der Waals surface area (Å²) in [5.41, 5.74) is 6.81. The number of benzene rings is 1. The van der Waals surface area contributed by atoms with Crippen LogP contribution in [0.1, 0.15) is 34.7 Å². The maximum absolute atomic E-state index is 11.6. The van der Waals surface area contributed by atoms with Crippen LogP contribution in [-0.4, -0.2) is 11.7 Å². The van der Waals surface area contributed by atoms with Gasteiger partial charge >= 0.3 is 0 Å². The van der Waals surface area contributed by atoms with E-state index in [1.807, 2.05) is 12.1 Å². The Morgan fingerprint density at radius 3 is 2.93 bits per heavy atom. The van der Waals surface area contributed by atoms with Gasteiger partial charge in [0.05, 0.1) is 0 Å². The van der Waals surface area contributed by atoms with Gasteiger partial charge in [0.15, 0.2) is 5.78 Å². The van der Waals surface area contributed by atoms with Gasteiger partial charge in [-0.3, -0.25) is 9.59 Å². The Labute approximate surface area is 95.8 Å². The summed E-state index contributed by atoms with van der Waals surface area (Å²) in [5, 5.41) is 0. The van der Waals surface area contributed by atoms with Crippen LogP contribution in [0.4, 0.5) is 0 Å². The zero-order chi connectivity index (χ0) is 11.0. The standard InChI is InChI=1S/C11H10BrNO2/c12-7-1-2-8-6(4-11(13)15)3-10(14)9(8)5-7/h1-2,5-6H,3-4H2,(H2,13,15)/t6-/m0/s1. The summed E-state index contributed by atoms with van der Waals surface area (Å²) in [7, 11) is 0. The molecule has 0 aromatic heterocycles. The van der Waals surface area contributed by atoms with Crippen molar-refractivity contribution in [2.75, 3.05) is 0 Å². The molecule has 0 saturated carbocycles. The number of hydrogen-bond donors (Lipinski definition) is 1. The fourth-order valence-electron chi connectivity index (χ4n) is 1.99. The van der Waals surface area contributed by atoms with Crippen molar-refractivity contribution >= 4 is 27.6 Å². The van der Waals surface area contributed by atoms with Crippen molar-refractivity contribution in [3.8, 4) is 0 Å². The zero-order valence-electron chi connectivity index (χ0n) is 8.00. The van der Waals surface area contributed by atoms with E-state index in [4.69, 9.17) is 5.73 Å². The van der Waals surface area contributed by atoms with Crippen molar-refractivity contribution < 1.29 is 9.59 Å². The molecule has 3 nitrogen and oxygen atoms in total. The number of nitrogens with two attached hydrogens (primary N) is 1. The number of ketones is 1. The Morgan fingerprint density at radius 1 is 1.53 bits per heavy atom. The van der Waals surface area contributed by atoms with E-state index in [1.165, 1.54) is 0 Å². The van der Waals surface area contributed by atoms with E-state index in [-0.39, 0.29) is 24.0 Å². The molecular formula is C11H10BrNO2. The van der Waals surface area contributed by atoms with E-state index in [9.17, 15) is 9.59 Å². The Kier molecular flexibility index (Phi) is 2.61. The number of amides is 1. The highest BCUT2D eigenvalue weighted by Gasteiger charge is 2.30. The summed E-state index contributed by atoms with van der Waals surface area (Å²) < 4.78 is 0.884. The molecule has 0 bridgehead atoms. The van der Waals surface area contributed by atoms with Crippen LogP contribution in [0.3, 0.4) is 0 Å². The van der Waals surface area contributed by atoms with Gasteiger partial charge in [0, 0.05) is 28.8 Å². The van der Waals surface area contributed by atoms with Crippen LogP contribution in [0.15, 0.2) is 22.7 Å². The highest BCUT2D eigenvalue weighted by atomic mass is 79.9. The summed E-state index contributed by atoms with van der Waals surface area (Å²) in [6.45, 7) is 0. The van der Waals surface area contributed by atoms with E-state index in [0.29, 0.717) is 6.42 Å². The molecule has 4 heteroatoms. The van der Waals surface area contributed by atoms with Crippen molar-refractivity contribution in [1.82, 2.24) is 0 Å². The first kappa shape index (κ1) is 10.4. The van der Waals surface area contributed by atoms with E-state index >= 15 is 0 Å². The lowest BCUT2D eigenvalue weighted by atomic mass is 9.98. The zero-order valence-corrected chi connectivity index (χ0v) is 9.58. The average Bonchev–Trinajstić information content (AvgIpc) is 2.42. The fourth-order valence-corrected chi connectivity index (χ4v) is 2.36. The van der Waals surface area contributed by atoms with Crippen LogP contribution < -0.4 is 5.73 Å². The molecule has 1 aromatic rings. The van der Waals surface area contributed by atoms with Crippen LogP contribution in [0, 0.1) is 0 Å². The molecule has 1 atom stereocenters. The smallest absolute Gasteiger partial charge is 0.218 e. The molecule has 78 valence electrons. The van der Waals surface area contributed by atoms with Gasteiger partial charge in [-0.05, 0) is 17.7 Å². The van der Waals surface area contributed by atoms with E-state index in [1.54, 1.807) is 6.07 Å². The molecule has 0 heterocycles. The predicted molar refractivity (Wildman–Crippen MR) is 59.6 cm³/mol. The van der Waals surface area contributed by atoms with E-state index in [0.717, 1.165) is 15.6 Å². The Morgan fingerprint density at radius 2 is 2.27 bits per heavy atom. The summed E-state index contributed by atoms with van der Waals surface area (Å²) >= 11 is 3.32. The number of hydrogen-bond acceptors (Lipinski definition) is 2. The fraction of sp³-hybridized carbons (Fsp3) is 0.273. The van der Waals surface area contributed by atoms with Gasteiger partial charge in [-0.15, -0.1) is 0 Å². The number of fused-ring (bicyclic) bond motifs is 1. The molecule has 15 heavy (non-hydrogen) atoms. The quantitative estimate of drug-likeness (QED) is 0.891. The molecule has 0 unspecified atom stereocenters. The topological polar surface area (TPSA) is 60.2 Å². The number of primary amides is 1. The van der Waals surface area contributed by atoms with Gasteiger partial charge in [-0.2, -0.15) is 0 Å². The largest absolute Gasteiger partial charge is 0.370 e. The highest BCUT2D eigenvalue weighted by Crippen LogP contribution is 2.36. The van der Waals surface area contributed by atoms with Crippen LogP contribution in [0.25, 0.3) is 0 Å². The van der Waals surface area contributed by atoms with Gasteiger partial charge in [0.2, 0.25) is 5.91 Å². The number of halogens is 1. The summed E-state index contributed by atoms with van der Waals surface area (Å²) in [6, 6.07) is 5.57. The van der Waals surface area contributed by atoms with Gasteiger partial charge in [0.25, 0.3) is 0 Å². The van der Waals surface area contributed by atoms with Gasteiger partial charge in [-0.25, -0.2) is 0 Å². The Hall–Kier alpha value is -1.16. The van der Waals surface area contributed by atoms with Gasteiger partial charge < -0.3 is 5.73 Å². The molecule has 1 aliphatic carbocycles. The van der Waals surface area contributed by atoms with Crippen molar-refractivity contribution in [2.24, 2.45) is 5.73 Å². The van der Waals surface area contributed by atoms with Crippen molar-refractivity contribution in [3.05, 3.63) is 33.8 Å². The minimum absolute atomic E-state index is 0.0295. The molecule has 2 N–H and O–H groups in total. The third-order valence-electron chi connectivity index (χ3n) is 2.63. The minimum atomic E-state index is -0.358. The molecule has 0 spiro atoms. The minimum Gasteiger partial charge on any atom is -0.370 e. The first-order valence-corrected chi connectivity index (χ1v) is 5.48. The second-order valence-corrected chi connectivity index (χ2v) is 4.64. The van der Waals surface area contributed by atoms with E-state index in [2.05, 4.69) is 15.9 Å². The Bertz CT molecular complexity index is 442. The molecule has 0 fully saturated rings. The summed E-state index contributed by atoms with van der Waals surface area (Å²) in [4.78, 5) is 22.5. The lowest BCUT2D eigenvalue weighted by molar-refractivity contribution is -0.118. The van der Waals surface area contributed by atoms with Gasteiger partial charge in [0.1, 0.15) is 0 Å². The number of carbonyl (C=O) groups is 2. The lowest BCUT2D eigenvalue weighted by Crippen LogP contribution is -2.14. The second kappa shape index (κ2) is 3.77. The first-order chi connectivity index (χ1) is 7.08. The van der Waals surface area contributed by atoms with Crippen LogP contribution in [0.2, 0.25) is 0 Å². The number of Topliss-reactive ketones (excluding diaryl/α,β-unsaturated/α-hetero) is 1. The number of rotatable bonds is 2. The summed E-state index contributed by atoms with van der Waals surface area (Å²) in [5.74, 6) is -0.292. The third kappa shape index (κ3) is 1.95. The van der Waals surface area contributed by atoms with Crippen molar-refractivity contribution in [3.63, 3.8) is 0 Å². The monoisotopic (exact) mass is 267 g/mol. The third-order valence-corrected chi connectivity index (χ3v) is 3.13. The second-order valence-electron chi connectivity index (χ2n) is 3.73. The maximum atomic E-state index is 11.6. The SMILES string of the molecule is NC(=O)C[C@@H]1CC(=O)c2cc(Br)ccc21. The molecule has 0 aliphatic heterocycles. The van der Waals surface area contributed by atoms with Crippen molar-refractivity contribution in [2.45, 2.75) is 18.8 Å². The molecule has 0 radical (unpaired) electrons.